The molecule has 0 saturated heterocycles. The predicted molar refractivity (Wildman–Crippen MR) is 105 cm³/mol. The van der Waals surface area contributed by atoms with E-state index in [-0.39, 0.29) is 0 Å². The number of para-hydroxylation sites is 1. The fourth-order valence-corrected chi connectivity index (χ4v) is 3.80. The molecule has 3 aromatic heterocycles. The highest BCUT2D eigenvalue weighted by Gasteiger charge is 2.13. The number of furan rings is 1. The Bertz CT molecular complexity index is 1420. The second-order valence-electron chi connectivity index (χ2n) is 6.53. The van der Waals surface area contributed by atoms with E-state index in [9.17, 15) is 0 Å². The van der Waals surface area contributed by atoms with Crippen LogP contribution >= 0.6 is 0 Å². The number of benzene rings is 3. The van der Waals surface area contributed by atoms with Gasteiger partial charge in [0.1, 0.15) is 11.2 Å². The summed E-state index contributed by atoms with van der Waals surface area (Å²) in [6, 6.07) is 26.9. The van der Waals surface area contributed by atoms with Gasteiger partial charge < -0.3 is 8.82 Å². The minimum Gasteiger partial charge on any atom is -0.456 e. The van der Waals surface area contributed by atoms with Gasteiger partial charge in [0, 0.05) is 28.6 Å². The van der Waals surface area contributed by atoms with E-state index >= 15 is 0 Å². The Labute approximate surface area is 149 Å². The Morgan fingerprint density at radius 2 is 1.54 bits per heavy atom. The maximum Gasteiger partial charge on any atom is 0.137 e. The SMILES string of the molecule is c1ccc(-c2nc3cc4c(cc3n3cccc23)oc2ccccc24)cc1. The van der Waals surface area contributed by atoms with Gasteiger partial charge in [0.05, 0.1) is 22.2 Å². The molecule has 0 aliphatic heterocycles. The van der Waals surface area contributed by atoms with Crippen LogP contribution in [-0.4, -0.2) is 9.38 Å². The molecule has 122 valence electrons. The molecule has 0 N–H and O–H groups in total. The molecule has 0 fully saturated rings. The average molecular weight is 334 g/mol. The number of nitrogens with zero attached hydrogens (tertiary/aromatic N) is 2. The molecule has 0 saturated carbocycles. The van der Waals surface area contributed by atoms with Crippen LogP contribution in [0.2, 0.25) is 0 Å². The van der Waals surface area contributed by atoms with E-state index in [1.807, 2.05) is 36.4 Å². The van der Waals surface area contributed by atoms with Crippen LogP contribution in [0.25, 0.3) is 49.7 Å². The molecular weight excluding hydrogens is 320 g/mol. The second-order valence-corrected chi connectivity index (χ2v) is 6.53. The maximum absolute atomic E-state index is 6.06. The molecule has 3 nitrogen and oxygen atoms in total. The lowest BCUT2D eigenvalue weighted by atomic mass is 10.1. The van der Waals surface area contributed by atoms with E-state index in [2.05, 4.69) is 53.1 Å². The summed E-state index contributed by atoms with van der Waals surface area (Å²) in [5.41, 5.74) is 7.03. The zero-order valence-electron chi connectivity index (χ0n) is 13.9. The number of hydrogen-bond donors (Lipinski definition) is 0. The minimum atomic E-state index is 0.892. The van der Waals surface area contributed by atoms with Crippen molar-refractivity contribution in [2.45, 2.75) is 0 Å². The van der Waals surface area contributed by atoms with E-state index in [1.165, 1.54) is 0 Å². The Balaban J connectivity index is 1.79. The van der Waals surface area contributed by atoms with Crippen molar-refractivity contribution in [1.29, 1.82) is 0 Å². The zero-order chi connectivity index (χ0) is 17.1. The first-order valence-electron chi connectivity index (χ1n) is 8.66. The smallest absolute Gasteiger partial charge is 0.137 e. The summed E-state index contributed by atoms with van der Waals surface area (Å²) in [6.07, 6.45) is 2.08. The number of aromatic nitrogens is 2. The first kappa shape index (κ1) is 13.7. The minimum absolute atomic E-state index is 0.892. The molecule has 26 heavy (non-hydrogen) atoms. The summed E-state index contributed by atoms with van der Waals surface area (Å²) in [7, 11) is 0. The standard InChI is InChI=1S/C23H14N2O/c1-2-7-15(8-3-1)23-19-10-6-12-25(19)20-14-22-17(13-18(20)24-23)16-9-4-5-11-21(16)26-22/h1-14H. The third-order valence-electron chi connectivity index (χ3n) is 5.00. The van der Waals surface area contributed by atoms with Crippen molar-refractivity contribution in [3.63, 3.8) is 0 Å². The van der Waals surface area contributed by atoms with Gasteiger partial charge in [0.15, 0.2) is 0 Å². The summed E-state index contributed by atoms with van der Waals surface area (Å²) in [5.74, 6) is 0. The van der Waals surface area contributed by atoms with Gasteiger partial charge in [0.2, 0.25) is 0 Å². The van der Waals surface area contributed by atoms with E-state index in [0.717, 1.165) is 49.7 Å². The van der Waals surface area contributed by atoms with Gasteiger partial charge in [-0.15, -0.1) is 0 Å². The quantitative estimate of drug-likeness (QED) is 0.366. The van der Waals surface area contributed by atoms with Crippen molar-refractivity contribution in [3.8, 4) is 11.3 Å². The van der Waals surface area contributed by atoms with Crippen LogP contribution in [-0.2, 0) is 0 Å². The van der Waals surface area contributed by atoms with Crippen LogP contribution in [0.15, 0.2) is 89.5 Å². The lowest BCUT2D eigenvalue weighted by molar-refractivity contribution is 0.669. The third-order valence-corrected chi connectivity index (χ3v) is 5.00. The lowest BCUT2D eigenvalue weighted by Gasteiger charge is -2.09. The largest absolute Gasteiger partial charge is 0.456 e. The van der Waals surface area contributed by atoms with Crippen LogP contribution in [0.3, 0.4) is 0 Å². The Kier molecular flexibility index (Phi) is 2.61. The van der Waals surface area contributed by atoms with E-state index < -0.39 is 0 Å². The molecule has 0 unspecified atom stereocenters. The topological polar surface area (TPSA) is 30.4 Å². The summed E-state index contributed by atoms with van der Waals surface area (Å²) in [4.78, 5) is 5.02. The van der Waals surface area contributed by atoms with Crippen LogP contribution < -0.4 is 0 Å². The molecule has 0 atom stereocenters. The van der Waals surface area contributed by atoms with Crippen molar-refractivity contribution in [2.24, 2.45) is 0 Å². The van der Waals surface area contributed by atoms with E-state index in [4.69, 9.17) is 9.40 Å². The van der Waals surface area contributed by atoms with Gasteiger partial charge in [-0.1, -0.05) is 48.5 Å². The summed E-state index contributed by atoms with van der Waals surface area (Å²) in [6.45, 7) is 0. The highest BCUT2D eigenvalue weighted by atomic mass is 16.3. The molecule has 0 aliphatic carbocycles. The molecule has 3 heterocycles. The molecule has 6 rings (SSSR count). The molecule has 3 aromatic carbocycles. The fourth-order valence-electron chi connectivity index (χ4n) is 3.80. The number of rotatable bonds is 1. The first-order chi connectivity index (χ1) is 12.9. The highest BCUT2D eigenvalue weighted by molar-refractivity contribution is 6.09. The Morgan fingerprint density at radius 1 is 0.692 bits per heavy atom. The van der Waals surface area contributed by atoms with Crippen LogP contribution in [0.4, 0.5) is 0 Å². The van der Waals surface area contributed by atoms with Crippen LogP contribution in [0.1, 0.15) is 0 Å². The Hall–Kier alpha value is -3.59. The van der Waals surface area contributed by atoms with Gasteiger partial charge >= 0.3 is 0 Å². The van der Waals surface area contributed by atoms with Crippen LogP contribution in [0, 0.1) is 0 Å². The summed E-state index contributed by atoms with van der Waals surface area (Å²) < 4.78 is 8.25. The molecule has 0 amide bonds. The molecule has 0 aliphatic rings. The second kappa shape index (κ2) is 4.96. The normalized spacial score (nSPS) is 11.8. The van der Waals surface area contributed by atoms with Gasteiger partial charge in [-0.2, -0.15) is 0 Å². The molecular formula is C23H14N2O. The average Bonchev–Trinajstić information content (AvgIpc) is 3.31. The highest BCUT2D eigenvalue weighted by Crippen LogP contribution is 2.33. The molecule has 0 spiro atoms. The van der Waals surface area contributed by atoms with Crippen LogP contribution in [0.5, 0.6) is 0 Å². The van der Waals surface area contributed by atoms with Crippen molar-refractivity contribution >= 4 is 38.5 Å². The van der Waals surface area contributed by atoms with E-state index in [1.54, 1.807) is 0 Å². The van der Waals surface area contributed by atoms with Crippen molar-refractivity contribution in [3.05, 3.63) is 85.1 Å². The summed E-state index contributed by atoms with van der Waals surface area (Å²) in [5, 5.41) is 2.23. The number of hydrogen-bond acceptors (Lipinski definition) is 2. The fraction of sp³-hybridized carbons (Fsp3) is 0. The first-order valence-corrected chi connectivity index (χ1v) is 8.66. The third kappa shape index (κ3) is 1.80. The Morgan fingerprint density at radius 3 is 2.46 bits per heavy atom. The van der Waals surface area contributed by atoms with Gasteiger partial charge in [0.25, 0.3) is 0 Å². The van der Waals surface area contributed by atoms with Crippen molar-refractivity contribution < 1.29 is 4.42 Å². The van der Waals surface area contributed by atoms with E-state index in [0.29, 0.717) is 0 Å². The predicted octanol–water partition coefficient (Wildman–Crippen LogP) is 6.05. The van der Waals surface area contributed by atoms with Gasteiger partial charge in [-0.25, -0.2) is 4.98 Å². The molecule has 3 heteroatoms. The van der Waals surface area contributed by atoms with Gasteiger partial charge in [-0.05, 0) is 24.3 Å². The monoisotopic (exact) mass is 334 g/mol. The maximum atomic E-state index is 6.06. The van der Waals surface area contributed by atoms with Crippen molar-refractivity contribution in [1.82, 2.24) is 9.38 Å². The number of fused-ring (bicyclic) bond motifs is 6. The lowest BCUT2D eigenvalue weighted by Crippen LogP contribution is -1.94. The molecule has 0 radical (unpaired) electrons. The van der Waals surface area contributed by atoms with Gasteiger partial charge in [-0.3, -0.25) is 0 Å². The zero-order valence-corrected chi connectivity index (χ0v) is 13.9. The van der Waals surface area contributed by atoms with Crippen molar-refractivity contribution in [2.75, 3.05) is 0 Å². The molecule has 0 bridgehead atoms. The molecule has 6 aromatic rings. The summed E-state index contributed by atoms with van der Waals surface area (Å²) >= 11 is 0.